The van der Waals surface area contributed by atoms with Crippen LogP contribution in [0, 0.1) is 11.3 Å². The van der Waals surface area contributed by atoms with Crippen LogP contribution < -0.4 is 0 Å². The van der Waals surface area contributed by atoms with Crippen molar-refractivity contribution >= 4 is 16.7 Å². The molecule has 0 spiro atoms. The molecule has 0 bridgehead atoms. The summed E-state index contributed by atoms with van der Waals surface area (Å²) in [4.78, 5) is 13.9. The molecule has 3 heteroatoms. The van der Waals surface area contributed by atoms with Crippen molar-refractivity contribution in [3.63, 3.8) is 0 Å². The minimum atomic E-state index is -0.617. The number of fused-ring (bicyclic) bond motifs is 1. The molecule has 0 aliphatic heterocycles. The van der Waals surface area contributed by atoms with Crippen molar-refractivity contribution in [2.45, 2.75) is 19.5 Å². The van der Waals surface area contributed by atoms with Crippen LogP contribution in [0.5, 0.6) is 0 Å². The molecule has 118 valence electrons. The first-order valence-electron chi connectivity index (χ1n) is 7.89. The van der Waals surface area contributed by atoms with Crippen LogP contribution in [0.3, 0.4) is 0 Å². The molecule has 0 saturated heterocycles. The first kappa shape index (κ1) is 15.8. The summed E-state index contributed by atoms with van der Waals surface area (Å²) in [6, 6.07) is 25.3. The van der Waals surface area contributed by atoms with Crippen molar-refractivity contribution in [2.24, 2.45) is 0 Å². The number of benzene rings is 3. The average Bonchev–Trinajstić information content (AvgIpc) is 2.62. The number of hydrogen-bond donors (Lipinski definition) is 0. The van der Waals surface area contributed by atoms with Crippen LogP contribution in [-0.2, 0) is 11.3 Å². The fourth-order valence-corrected chi connectivity index (χ4v) is 2.96. The summed E-state index contributed by atoms with van der Waals surface area (Å²) in [5, 5.41) is 11.9. The van der Waals surface area contributed by atoms with Crippen LogP contribution in [0.25, 0.3) is 10.8 Å². The zero-order valence-electron chi connectivity index (χ0n) is 13.5. The third-order valence-electron chi connectivity index (χ3n) is 4.15. The lowest BCUT2D eigenvalue weighted by molar-refractivity contribution is -0.130. The lowest BCUT2D eigenvalue weighted by Crippen LogP contribution is -2.32. The van der Waals surface area contributed by atoms with Crippen molar-refractivity contribution < 1.29 is 4.79 Å². The Morgan fingerprint density at radius 2 is 1.67 bits per heavy atom. The third-order valence-corrected chi connectivity index (χ3v) is 4.15. The molecule has 3 nitrogen and oxygen atoms in total. The van der Waals surface area contributed by atoms with Gasteiger partial charge < -0.3 is 4.90 Å². The average molecular weight is 314 g/mol. The van der Waals surface area contributed by atoms with Crippen molar-refractivity contribution in [2.75, 3.05) is 0 Å². The van der Waals surface area contributed by atoms with E-state index in [1.54, 1.807) is 4.90 Å². The van der Waals surface area contributed by atoms with Gasteiger partial charge in [0.05, 0.1) is 6.07 Å². The summed E-state index contributed by atoms with van der Waals surface area (Å²) < 4.78 is 0. The van der Waals surface area contributed by atoms with E-state index in [4.69, 9.17) is 0 Å². The molecule has 24 heavy (non-hydrogen) atoms. The summed E-state index contributed by atoms with van der Waals surface area (Å²) in [6.45, 7) is 1.93. The lowest BCUT2D eigenvalue weighted by atomic mass is 9.98. The molecule has 0 heterocycles. The van der Waals surface area contributed by atoms with Gasteiger partial charge in [-0.2, -0.15) is 5.26 Å². The predicted molar refractivity (Wildman–Crippen MR) is 95.0 cm³/mol. The highest BCUT2D eigenvalue weighted by Gasteiger charge is 2.24. The quantitative estimate of drug-likeness (QED) is 0.714. The van der Waals surface area contributed by atoms with E-state index < -0.39 is 6.04 Å². The van der Waals surface area contributed by atoms with E-state index in [-0.39, 0.29) is 5.91 Å². The molecule has 0 radical (unpaired) electrons. The van der Waals surface area contributed by atoms with Crippen LogP contribution >= 0.6 is 0 Å². The van der Waals surface area contributed by atoms with E-state index in [0.29, 0.717) is 6.54 Å². The van der Waals surface area contributed by atoms with Crippen molar-refractivity contribution in [3.8, 4) is 6.07 Å². The summed E-state index contributed by atoms with van der Waals surface area (Å²) in [7, 11) is 0. The van der Waals surface area contributed by atoms with Gasteiger partial charge in [0, 0.05) is 13.5 Å². The molecule has 0 N–H and O–H groups in total. The molecular formula is C21H18N2O. The van der Waals surface area contributed by atoms with Gasteiger partial charge in [-0.25, -0.2) is 0 Å². The van der Waals surface area contributed by atoms with Gasteiger partial charge in [0.15, 0.2) is 0 Å². The SMILES string of the molecule is CC(=O)N(Cc1ccccc1)C(C#N)c1cccc2ccccc12. The number of amides is 1. The summed E-state index contributed by atoms with van der Waals surface area (Å²) in [6.07, 6.45) is 0. The van der Waals surface area contributed by atoms with E-state index in [0.717, 1.165) is 21.9 Å². The van der Waals surface area contributed by atoms with Crippen LogP contribution in [-0.4, -0.2) is 10.8 Å². The number of nitrogens with zero attached hydrogens (tertiary/aromatic N) is 2. The van der Waals surface area contributed by atoms with Gasteiger partial charge in [-0.1, -0.05) is 72.8 Å². The second-order valence-corrected chi connectivity index (χ2v) is 5.73. The van der Waals surface area contributed by atoms with Gasteiger partial charge in [-0.3, -0.25) is 4.79 Å². The number of carbonyl (C=O) groups is 1. The highest BCUT2D eigenvalue weighted by molar-refractivity contribution is 5.87. The molecule has 0 fully saturated rings. The molecule has 0 aliphatic carbocycles. The highest BCUT2D eigenvalue weighted by Crippen LogP contribution is 2.29. The predicted octanol–water partition coefficient (Wildman–Crippen LogP) is 4.45. The molecule has 0 aromatic heterocycles. The Balaban J connectivity index is 2.04. The highest BCUT2D eigenvalue weighted by atomic mass is 16.2. The van der Waals surface area contributed by atoms with Gasteiger partial charge in [0.25, 0.3) is 0 Å². The zero-order chi connectivity index (χ0) is 16.9. The number of nitriles is 1. The van der Waals surface area contributed by atoms with Crippen LogP contribution in [0.15, 0.2) is 72.8 Å². The molecule has 3 aromatic carbocycles. The first-order valence-corrected chi connectivity index (χ1v) is 7.89. The Hall–Kier alpha value is -3.12. The smallest absolute Gasteiger partial charge is 0.221 e. The zero-order valence-corrected chi connectivity index (χ0v) is 13.5. The number of rotatable bonds is 4. The van der Waals surface area contributed by atoms with E-state index in [1.165, 1.54) is 6.92 Å². The monoisotopic (exact) mass is 314 g/mol. The maximum absolute atomic E-state index is 12.2. The third kappa shape index (κ3) is 3.13. The van der Waals surface area contributed by atoms with E-state index in [1.807, 2.05) is 72.8 Å². The Labute approximate surface area is 141 Å². The van der Waals surface area contributed by atoms with Gasteiger partial charge in [0.2, 0.25) is 5.91 Å². The van der Waals surface area contributed by atoms with Crippen LogP contribution in [0.1, 0.15) is 24.1 Å². The Morgan fingerprint density at radius 3 is 2.38 bits per heavy atom. The van der Waals surface area contributed by atoms with E-state index in [2.05, 4.69) is 6.07 Å². The minimum absolute atomic E-state index is 0.113. The van der Waals surface area contributed by atoms with Crippen molar-refractivity contribution in [1.29, 1.82) is 5.26 Å². The standard InChI is InChI=1S/C21H18N2O/c1-16(24)23(15-17-8-3-2-4-9-17)21(14-22)20-13-7-11-18-10-5-6-12-19(18)20/h2-13,21H,15H2,1H3. The molecule has 1 amide bonds. The molecule has 1 atom stereocenters. The maximum atomic E-state index is 12.2. The molecule has 0 aliphatic rings. The summed E-state index contributed by atoms with van der Waals surface area (Å²) >= 11 is 0. The van der Waals surface area contributed by atoms with Gasteiger partial charge in [-0.05, 0) is 21.9 Å². The fraction of sp³-hybridized carbons (Fsp3) is 0.143. The fourth-order valence-electron chi connectivity index (χ4n) is 2.96. The van der Waals surface area contributed by atoms with E-state index >= 15 is 0 Å². The maximum Gasteiger partial charge on any atom is 0.221 e. The number of hydrogen-bond acceptors (Lipinski definition) is 2. The van der Waals surface area contributed by atoms with Crippen molar-refractivity contribution in [1.82, 2.24) is 4.90 Å². The summed E-state index contributed by atoms with van der Waals surface area (Å²) in [5.74, 6) is -0.113. The molecule has 0 saturated carbocycles. The molecule has 3 aromatic rings. The second-order valence-electron chi connectivity index (χ2n) is 5.73. The Kier molecular flexibility index (Phi) is 4.58. The Morgan fingerprint density at radius 1 is 1.00 bits per heavy atom. The van der Waals surface area contributed by atoms with Gasteiger partial charge in [-0.15, -0.1) is 0 Å². The van der Waals surface area contributed by atoms with Gasteiger partial charge in [0.1, 0.15) is 6.04 Å². The second kappa shape index (κ2) is 6.97. The normalized spacial score (nSPS) is 11.7. The topological polar surface area (TPSA) is 44.1 Å². The summed E-state index contributed by atoms with van der Waals surface area (Å²) in [5.41, 5.74) is 1.87. The van der Waals surface area contributed by atoms with Crippen molar-refractivity contribution in [3.05, 3.63) is 83.9 Å². The number of carbonyl (C=O) groups excluding carboxylic acids is 1. The van der Waals surface area contributed by atoms with Crippen LogP contribution in [0.4, 0.5) is 0 Å². The van der Waals surface area contributed by atoms with Gasteiger partial charge >= 0.3 is 0 Å². The largest absolute Gasteiger partial charge is 0.318 e. The minimum Gasteiger partial charge on any atom is -0.318 e. The first-order chi connectivity index (χ1) is 11.7. The molecule has 1 unspecified atom stereocenters. The Bertz CT molecular complexity index is 891. The molecular weight excluding hydrogens is 296 g/mol. The van der Waals surface area contributed by atoms with Crippen LogP contribution in [0.2, 0.25) is 0 Å². The molecule has 3 rings (SSSR count). The van der Waals surface area contributed by atoms with E-state index in [9.17, 15) is 10.1 Å². The lowest BCUT2D eigenvalue weighted by Gasteiger charge is -2.27.